The molecule has 90 heavy (non-hydrogen) atoms. The smallest absolute Gasteiger partial charge is 0.317 e. The molecule has 4 aromatic carbocycles. The molecule has 1 unspecified atom stereocenters. The second kappa shape index (κ2) is 28.0. The Morgan fingerprint density at radius 2 is 1.51 bits per heavy atom. The van der Waals surface area contributed by atoms with E-state index >= 15 is 0 Å². The first-order chi connectivity index (χ1) is 43.3. The molecule has 8 aliphatic rings. The van der Waals surface area contributed by atoms with Crippen LogP contribution >= 0.6 is 11.8 Å². The number of sulfonamides is 1. The summed E-state index contributed by atoms with van der Waals surface area (Å²) in [6, 6.07) is 26.5. The zero-order valence-corrected chi connectivity index (χ0v) is 54.5. The topological polar surface area (TPSA) is 214 Å². The van der Waals surface area contributed by atoms with Crippen LogP contribution in [-0.4, -0.2) is 180 Å². The van der Waals surface area contributed by atoms with Crippen LogP contribution in [0.25, 0.3) is 0 Å². The van der Waals surface area contributed by atoms with Crippen molar-refractivity contribution in [2.45, 2.75) is 114 Å². The standard InChI is InChI=1S/C69H90N10O9S2/c1-6-68-45-69(46-68,47-68)57-42-67(4,5)25-23-51(57)43-76-31-33-77(34-32-76)53-18-16-50(17-19-53)62(80)74-90(85,86)55-20-21-58(48(2)41-55)73-52(44-89-54-11-8-7-9-12-54)24-28-75-29-35-78(36-30-75)66(84)71-27-38-88-40-39-87-37-26-70-59-14-10-13-56-61(59)65(83)79(64(56)82)60-22-15-49(3)72-63(60)81/h7-14,16-21,41,52,60,70,73H,3,6,15,22-40,42-47H2,1-2,4-5H3,(H,71,84)(H,72,81)(H,74,80)/t52-,60?,68?,69?/m1/s1. The minimum Gasteiger partial charge on any atom is -0.382 e. The lowest BCUT2D eigenvalue weighted by atomic mass is 9.31. The number of hydrogen-bond acceptors (Lipinski definition) is 15. The van der Waals surface area contributed by atoms with Crippen LogP contribution < -0.4 is 30.9 Å². The first kappa shape index (κ1) is 64.8. The van der Waals surface area contributed by atoms with Crippen molar-refractivity contribution in [3.8, 4) is 0 Å². The Bertz CT molecular complexity index is 3430. The molecule has 19 nitrogen and oxygen atoms in total. The molecular formula is C69H90N10O9S2. The van der Waals surface area contributed by atoms with Gasteiger partial charge in [-0.2, -0.15) is 0 Å². The molecule has 12 rings (SSSR count). The predicted octanol–water partition coefficient (Wildman–Crippen LogP) is 9.15. The average molecular weight is 1270 g/mol. The van der Waals surface area contributed by atoms with Gasteiger partial charge >= 0.3 is 6.03 Å². The van der Waals surface area contributed by atoms with E-state index in [1.54, 1.807) is 65.9 Å². The first-order valence-corrected chi connectivity index (χ1v) is 34.8. The number of rotatable bonds is 27. The summed E-state index contributed by atoms with van der Waals surface area (Å²) < 4.78 is 41.3. The second-order valence-electron chi connectivity index (χ2n) is 26.6. The van der Waals surface area contributed by atoms with E-state index in [-0.39, 0.29) is 33.7 Å². The first-order valence-electron chi connectivity index (χ1n) is 32.4. The van der Waals surface area contributed by atoms with E-state index in [9.17, 15) is 32.4 Å². The highest BCUT2D eigenvalue weighted by atomic mass is 32.2. The van der Waals surface area contributed by atoms with Gasteiger partial charge in [0.05, 0.1) is 42.4 Å². The number of fused-ring (bicyclic) bond motifs is 1. The molecule has 482 valence electrons. The summed E-state index contributed by atoms with van der Waals surface area (Å²) in [6.07, 6.45) is 10.9. The summed E-state index contributed by atoms with van der Waals surface area (Å²) in [4.78, 5) is 77.3. The normalized spacial score (nSPS) is 23.0. The number of nitrogens with one attached hydrogen (secondary N) is 5. The van der Waals surface area contributed by atoms with Gasteiger partial charge in [0.25, 0.3) is 27.7 Å². The minimum absolute atomic E-state index is 0.0164. The van der Waals surface area contributed by atoms with E-state index in [0.29, 0.717) is 93.1 Å². The maximum atomic E-state index is 13.7. The molecule has 4 heterocycles. The van der Waals surface area contributed by atoms with Crippen LogP contribution in [0.1, 0.15) is 122 Å². The van der Waals surface area contributed by atoms with Crippen LogP contribution in [0.5, 0.6) is 0 Å². The highest BCUT2D eigenvalue weighted by molar-refractivity contribution is 7.99. The zero-order chi connectivity index (χ0) is 63.2. The quantitative estimate of drug-likeness (QED) is 0.0163. The molecule has 4 aliphatic heterocycles. The fourth-order valence-electron chi connectivity index (χ4n) is 14.5. The van der Waals surface area contributed by atoms with Gasteiger partial charge in [-0.25, -0.2) is 17.9 Å². The lowest BCUT2D eigenvalue weighted by Crippen LogP contribution is -2.63. The summed E-state index contributed by atoms with van der Waals surface area (Å²) in [7, 11) is -4.18. The van der Waals surface area contributed by atoms with Gasteiger partial charge in [-0.15, -0.1) is 11.8 Å². The third-order valence-electron chi connectivity index (χ3n) is 19.8. The SMILES string of the molecule is C=C1CCC(N2C(=O)c3cccc(NCCOCCOCCNC(=O)N4CCN(CC[C@H](CSc5ccccc5)Nc5ccc(S(=O)(=O)NC(=O)c6ccc(N7CCN(CC8=C(C9%10CC(CC)(C9)C%10)CC(C)(C)CC8)CC7)cc6)cc5C)CC4)c3C2=O)C(=O)N1. The van der Waals surface area contributed by atoms with Gasteiger partial charge in [-0.1, -0.05) is 69.2 Å². The molecule has 2 atom stereocenters. The number of piperazine rings is 2. The number of anilines is 3. The van der Waals surface area contributed by atoms with Gasteiger partial charge in [0, 0.05) is 124 Å². The molecule has 4 aromatic rings. The molecule has 21 heteroatoms. The van der Waals surface area contributed by atoms with Crippen molar-refractivity contribution in [1.82, 2.24) is 35.0 Å². The number of benzene rings is 4. The van der Waals surface area contributed by atoms with Crippen molar-refractivity contribution >= 4 is 68.5 Å². The predicted molar refractivity (Wildman–Crippen MR) is 353 cm³/mol. The highest BCUT2D eigenvalue weighted by Gasteiger charge is 2.68. The van der Waals surface area contributed by atoms with Crippen molar-refractivity contribution in [3.63, 3.8) is 0 Å². The Labute approximate surface area is 535 Å². The third kappa shape index (κ3) is 14.9. The van der Waals surface area contributed by atoms with E-state index in [2.05, 4.69) is 80.2 Å². The van der Waals surface area contributed by atoms with Crippen LogP contribution in [0, 0.1) is 23.2 Å². The number of thioether (sulfide) groups is 1. The number of carbonyl (C=O) groups excluding carboxylic acids is 5. The number of ether oxygens (including phenoxy) is 2. The Morgan fingerprint density at radius 1 is 0.800 bits per heavy atom. The zero-order valence-electron chi connectivity index (χ0n) is 52.8. The largest absolute Gasteiger partial charge is 0.382 e. The van der Waals surface area contributed by atoms with Gasteiger partial charge in [0.2, 0.25) is 5.91 Å². The van der Waals surface area contributed by atoms with E-state index in [1.807, 2.05) is 47.7 Å². The fraction of sp³-hybridized carbons (Fsp3) is 0.522. The van der Waals surface area contributed by atoms with Crippen molar-refractivity contribution < 1.29 is 41.9 Å². The van der Waals surface area contributed by atoms with Crippen molar-refractivity contribution in [3.05, 3.63) is 137 Å². The van der Waals surface area contributed by atoms with E-state index in [0.717, 1.165) is 91.3 Å². The van der Waals surface area contributed by atoms with Gasteiger partial charge in [0.15, 0.2) is 0 Å². The average Bonchev–Trinajstić information content (AvgIpc) is 0.791. The van der Waals surface area contributed by atoms with Gasteiger partial charge in [0.1, 0.15) is 6.04 Å². The number of hydrogen-bond donors (Lipinski definition) is 5. The Morgan fingerprint density at radius 3 is 2.21 bits per heavy atom. The van der Waals surface area contributed by atoms with Gasteiger partial charge in [-0.3, -0.25) is 33.9 Å². The van der Waals surface area contributed by atoms with Crippen molar-refractivity contribution in [1.29, 1.82) is 0 Å². The number of aryl methyl sites for hydroxylation is 1. The molecular weight excluding hydrogens is 1180 g/mol. The summed E-state index contributed by atoms with van der Waals surface area (Å²) in [5.41, 5.74) is 9.51. The highest BCUT2D eigenvalue weighted by Crippen LogP contribution is 2.79. The molecule has 0 radical (unpaired) electrons. The van der Waals surface area contributed by atoms with E-state index in [4.69, 9.17) is 9.47 Å². The van der Waals surface area contributed by atoms with E-state index < -0.39 is 39.7 Å². The molecule has 0 aromatic heterocycles. The minimum atomic E-state index is -4.18. The number of nitrogens with zero attached hydrogens (tertiary/aromatic N) is 5. The lowest BCUT2D eigenvalue weighted by molar-refractivity contribution is -0.182. The van der Waals surface area contributed by atoms with Gasteiger partial charge in [-0.05, 0) is 153 Å². The maximum absolute atomic E-state index is 13.7. The second-order valence-corrected chi connectivity index (χ2v) is 29.4. The van der Waals surface area contributed by atoms with E-state index in [1.165, 1.54) is 44.9 Å². The number of imide groups is 1. The van der Waals surface area contributed by atoms with Crippen molar-refractivity contribution in [2.24, 2.45) is 16.2 Å². The fourth-order valence-corrected chi connectivity index (χ4v) is 16.6. The number of piperidine rings is 1. The molecule has 0 spiro atoms. The molecule has 4 aliphatic carbocycles. The molecule has 3 saturated heterocycles. The summed E-state index contributed by atoms with van der Waals surface area (Å²) in [5.74, 6) is -1.30. The summed E-state index contributed by atoms with van der Waals surface area (Å²) >= 11 is 1.76. The molecule has 3 saturated carbocycles. The van der Waals surface area contributed by atoms with Crippen molar-refractivity contribution in [2.75, 3.05) is 126 Å². The lowest BCUT2D eigenvalue weighted by Gasteiger charge is -2.73. The van der Waals surface area contributed by atoms with Gasteiger partial charge < -0.3 is 40.5 Å². The molecule has 6 amide bonds. The molecule has 5 N–H and O–H groups in total. The Balaban J connectivity index is 0.581. The summed E-state index contributed by atoms with van der Waals surface area (Å²) in [6.45, 7) is 23.2. The Kier molecular flexibility index (Phi) is 20.2. The van der Waals surface area contributed by atoms with Crippen LogP contribution in [0.15, 0.2) is 124 Å². The number of carbonyl (C=O) groups is 5. The van der Waals surface area contributed by atoms with Crippen LogP contribution in [0.4, 0.5) is 21.9 Å². The molecule has 6 fully saturated rings. The number of allylic oxidation sites excluding steroid dienone is 2. The monoisotopic (exact) mass is 1270 g/mol. The van der Waals surface area contributed by atoms with Crippen LogP contribution in [-0.2, 0) is 24.3 Å². The molecule has 2 bridgehead atoms. The Hall–Kier alpha value is -6.75. The van der Waals surface area contributed by atoms with Crippen LogP contribution in [0.2, 0.25) is 0 Å². The third-order valence-corrected chi connectivity index (χ3v) is 22.3. The number of amides is 6. The summed E-state index contributed by atoms with van der Waals surface area (Å²) in [5, 5.41) is 12.5. The van der Waals surface area contributed by atoms with Crippen LogP contribution in [0.3, 0.4) is 0 Å². The number of urea groups is 1. The maximum Gasteiger partial charge on any atom is 0.317 e.